The first kappa shape index (κ1) is 27.5. The van der Waals surface area contributed by atoms with E-state index in [4.69, 9.17) is 24.8 Å². The fourth-order valence-corrected chi connectivity index (χ4v) is 3.57. The summed E-state index contributed by atoms with van der Waals surface area (Å²) in [6.45, 7) is 1.73. The summed E-state index contributed by atoms with van der Waals surface area (Å²) >= 11 is 0. The molecule has 0 spiro atoms. The van der Waals surface area contributed by atoms with Crippen LogP contribution in [0.1, 0.15) is 29.8 Å². The summed E-state index contributed by atoms with van der Waals surface area (Å²) < 4.78 is 5.32. The number of anilines is 1. The summed E-state index contributed by atoms with van der Waals surface area (Å²) in [5.74, 6) is -4.72. The molecule has 0 aliphatic carbocycles. The lowest BCUT2D eigenvalue weighted by atomic mass is 9.96. The highest BCUT2D eigenvalue weighted by Crippen LogP contribution is 2.24. The van der Waals surface area contributed by atoms with Gasteiger partial charge in [-0.3, -0.25) is 14.4 Å². The summed E-state index contributed by atoms with van der Waals surface area (Å²) in [5.41, 5.74) is -1.83. The molecular weight excluding hydrogens is 462 g/mol. The van der Waals surface area contributed by atoms with Gasteiger partial charge >= 0.3 is 17.9 Å². The van der Waals surface area contributed by atoms with E-state index in [0.717, 1.165) is 25.2 Å². The monoisotopic (exact) mass is 491 g/mol. The van der Waals surface area contributed by atoms with Crippen LogP contribution in [0.15, 0.2) is 53.1 Å². The van der Waals surface area contributed by atoms with Crippen LogP contribution in [0.4, 0.5) is 5.69 Å². The molecule has 0 bridgehead atoms. The third kappa shape index (κ3) is 7.64. The lowest BCUT2D eigenvalue weighted by molar-refractivity contribution is -0.170. The van der Waals surface area contributed by atoms with E-state index in [1.807, 2.05) is 42.3 Å². The van der Waals surface area contributed by atoms with Crippen LogP contribution in [0.2, 0.25) is 0 Å². The molecule has 2 aromatic rings. The van der Waals surface area contributed by atoms with Gasteiger partial charge in [0, 0.05) is 32.9 Å². The Bertz CT molecular complexity index is 995. The predicted octanol–water partition coefficient (Wildman–Crippen LogP) is 1.23. The van der Waals surface area contributed by atoms with E-state index in [-0.39, 0.29) is 11.9 Å². The SMILES string of the molecule is CN1CCC(N(C(=O)c2ccco2)c2ccccc2)CN1C.O=C(O)CC(O)(CC(=O)O)C(=O)O. The highest BCUT2D eigenvalue weighted by molar-refractivity contribution is 6.04. The molecule has 12 nitrogen and oxygen atoms in total. The molecule has 190 valence electrons. The van der Waals surface area contributed by atoms with Gasteiger partial charge in [-0.1, -0.05) is 18.2 Å². The fraction of sp³-hybridized carbons (Fsp3) is 0.391. The molecule has 1 fully saturated rings. The molecule has 4 N–H and O–H groups in total. The smallest absolute Gasteiger partial charge is 0.336 e. The number of benzene rings is 1. The Balaban J connectivity index is 0.000000287. The Morgan fingerprint density at radius 1 is 0.971 bits per heavy atom. The predicted molar refractivity (Wildman–Crippen MR) is 123 cm³/mol. The van der Waals surface area contributed by atoms with Crippen LogP contribution in [0, 0.1) is 0 Å². The summed E-state index contributed by atoms with van der Waals surface area (Å²) in [4.78, 5) is 45.2. The fourth-order valence-electron chi connectivity index (χ4n) is 3.57. The van der Waals surface area contributed by atoms with Crippen LogP contribution in [0.5, 0.6) is 0 Å². The van der Waals surface area contributed by atoms with E-state index in [1.165, 1.54) is 6.26 Å². The molecule has 1 aromatic carbocycles. The number of hydrogen-bond acceptors (Lipinski definition) is 8. The number of carbonyl (C=O) groups is 4. The van der Waals surface area contributed by atoms with Crippen molar-refractivity contribution in [3.05, 3.63) is 54.5 Å². The number of aliphatic hydroxyl groups is 1. The van der Waals surface area contributed by atoms with Gasteiger partial charge in [0.15, 0.2) is 11.4 Å². The van der Waals surface area contributed by atoms with Crippen LogP contribution in [0.3, 0.4) is 0 Å². The summed E-state index contributed by atoms with van der Waals surface area (Å²) in [5, 5.41) is 38.1. The summed E-state index contributed by atoms with van der Waals surface area (Å²) in [6.07, 6.45) is 0.183. The molecule has 0 radical (unpaired) electrons. The number of carboxylic acid groups (broad SMARTS) is 3. The minimum atomic E-state index is -2.74. The highest BCUT2D eigenvalue weighted by atomic mass is 16.4. The molecule has 1 amide bonds. The average Bonchev–Trinajstić information content (AvgIpc) is 3.31. The molecule has 1 aliphatic heterocycles. The maximum atomic E-state index is 12.9. The first-order valence-corrected chi connectivity index (χ1v) is 10.7. The number of carbonyl (C=O) groups excluding carboxylic acids is 1. The number of hydrazine groups is 1. The molecule has 1 saturated heterocycles. The van der Waals surface area contributed by atoms with E-state index in [0.29, 0.717) is 5.76 Å². The van der Waals surface area contributed by atoms with Gasteiger partial charge < -0.3 is 29.7 Å². The van der Waals surface area contributed by atoms with Gasteiger partial charge in [-0.15, -0.1) is 0 Å². The van der Waals surface area contributed by atoms with Gasteiger partial charge in [-0.2, -0.15) is 0 Å². The van der Waals surface area contributed by atoms with Crippen molar-refractivity contribution in [3.63, 3.8) is 0 Å². The van der Waals surface area contributed by atoms with Gasteiger partial charge in [0.25, 0.3) is 5.91 Å². The molecule has 12 heteroatoms. The van der Waals surface area contributed by atoms with E-state index in [2.05, 4.69) is 17.1 Å². The maximum absolute atomic E-state index is 12.9. The van der Waals surface area contributed by atoms with Gasteiger partial charge in [0.1, 0.15) is 0 Å². The minimum absolute atomic E-state index is 0.0841. The molecule has 1 aliphatic rings. The van der Waals surface area contributed by atoms with E-state index in [9.17, 15) is 19.2 Å². The van der Waals surface area contributed by atoms with Crippen LogP contribution < -0.4 is 4.90 Å². The number of furan rings is 1. The van der Waals surface area contributed by atoms with Crippen molar-refractivity contribution in [2.45, 2.75) is 30.9 Å². The van der Waals surface area contributed by atoms with Crippen molar-refractivity contribution in [3.8, 4) is 0 Å². The van der Waals surface area contributed by atoms with Crippen molar-refractivity contribution < 1.29 is 44.0 Å². The molecule has 1 aromatic heterocycles. The molecule has 0 saturated carbocycles. The van der Waals surface area contributed by atoms with Gasteiger partial charge in [0.2, 0.25) is 0 Å². The number of para-hydroxylation sites is 1. The normalized spacial score (nSPS) is 16.6. The zero-order chi connectivity index (χ0) is 26.2. The van der Waals surface area contributed by atoms with Gasteiger partial charge in [-0.05, 0) is 30.7 Å². The standard InChI is InChI=1S/C17H21N3O2.C6H8O7/c1-18-11-10-15(13-19(18)2)20(14-7-4-3-5-8-14)17(21)16-9-6-12-22-16;7-3(8)1-6(13,5(11)12)2-4(9)10/h3-9,12,15H,10-11,13H2,1-2H3;13H,1-2H2,(H,7,8)(H,9,10)(H,11,12). The van der Waals surface area contributed by atoms with Crippen molar-refractivity contribution in [2.24, 2.45) is 0 Å². The van der Waals surface area contributed by atoms with Gasteiger partial charge in [-0.25, -0.2) is 14.8 Å². The van der Waals surface area contributed by atoms with Crippen molar-refractivity contribution in [1.29, 1.82) is 0 Å². The van der Waals surface area contributed by atoms with Crippen molar-refractivity contribution in [2.75, 3.05) is 32.1 Å². The van der Waals surface area contributed by atoms with Crippen LogP contribution in [-0.4, -0.2) is 93.1 Å². The largest absolute Gasteiger partial charge is 0.481 e. The third-order valence-electron chi connectivity index (χ3n) is 5.48. The second kappa shape index (κ2) is 12.1. The van der Waals surface area contributed by atoms with E-state index < -0.39 is 36.4 Å². The number of rotatable bonds is 8. The zero-order valence-electron chi connectivity index (χ0n) is 19.4. The van der Waals surface area contributed by atoms with Crippen LogP contribution >= 0.6 is 0 Å². The zero-order valence-corrected chi connectivity index (χ0v) is 19.4. The third-order valence-corrected chi connectivity index (χ3v) is 5.48. The molecule has 3 rings (SSSR count). The Kier molecular flexibility index (Phi) is 9.51. The van der Waals surface area contributed by atoms with E-state index in [1.54, 1.807) is 12.1 Å². The lowest BCUT2D eigenvalue weighted by Gasteiger charge is -2.42. The molecular formula is C23H29N3O9. The second-order valence-corrected chi connectivity index (χ2v) is 8.13. The molecule has 1 unspecified atom stereocenters. The Morgan fingerprint density at radius 2 is 1.57 bits per heavy atom. The summed E-state index contributed by atoms with van der Waals surface area (Å²) in [7, 11) is 4.12. The lowest BCUT2D eigenvalue weighted by Crippen LogP contribution is -2.55. The quantitative estimate of drug-likeness (QED) is 0.418. The number of carboxylic acids is 3. The Labute approximate surface area is 201 Å². The Morgan fingerprint density at radius 3 is 2.03 bits per heavy atom. The first-order chi connectivity index (χ1) is 16.4. The minimum Gasteiger partial charge on any atom is -0.481 e. The van der Waals surface area contributed by atoms with Gasteiger partial charge in [0.05, 0.1) is 25.1 Å². The number of hydrogen-bond donors (Lipinski definition) is 4. The maximum Gasteiger partial charge on any atom is 0.336 e. The topological polar surface area (TPSA) is 172 Å². The Hall–Kier alpha value is -3.74. The highest BCUT2D eigenvalue weighted by Gasteiger charge is 2.40. The molecule has 35 heavy (non-hydrogen) atoms. The van der Waals surface area contributed by atoms with Crippen molar-refractivity contribution in [1.82, 2.24) is 10.0 Å². The molecule has 2 heterocycles. The second-order valence-electron chi connectivity index (χ2n) is 8.13. The number of likely N-dealkylation sites (N-methyl/N-ethyl adjacent to an activating group) is 1. The molecule has 1 atom stereocenters. The van der Waals surface area contributed by atoms with Crippen LogP contribution in [0.25, 0.3) is 0 Å². The van der Waals surface area contributed by atoms with Crippen LogP contribution in [-0.2, 0) is 14.4 Å². The number of nitrogens with zero attached hydrogens (tertiary/aromatic N) is 3. The summed E-state index contributed by atoms with van der Waals surface area (Å²) in [6, 6.07) is 13.4. The van der Waals surface area contributed by atoms with Crippen molar-refractivity contribution >= 4 is 29.5 Å². The first-order valence-electron chi connectivity index (χ1n) is 10.7. The van der Waals surface area contributed by atoms with E-state index >= 15 is 0 Å². The average molecular weight is 491 g/mol. The number of aliphatic carboxylic acids is 3. The number of amides is 1.